The number of aryl methyl sites for hydroxylation is 1. The molecule has 0 spiro atoms. The molecule has 1 aromatic heterocycles. The van der Waals surface area contributed by atoms with Crippen LogP contribution in [0.15, 0.2) is 59.2 Å². The standard InChI is InChI=1S/C15H15NO2/c1-12-7-8-14(18-12)11-16-10-9-15(17)13-5-3-2-4-6-13/h2-10,16H,11H2,1H3/b10-9-. The van der Waals surface area contributed by atoms with Gasteiger partial charge in [0, 0.05) is 17.8 Å². The molecule has 0 atom stereocenters. The molecule has 0 fully saturated rings. The fourth-order valence-corrected chi connectivity index (χ4v) is 1.57. The summed E-state index contributed by atoms with van der Waals surface area (Å²) >= 11 is 0. The molecule has 0 radical (unpaired) electrons. The summed E-state index contributed by atoms with van der Waals surface area (Å²) in [6, 6.07) is 13.0. The van der Waals surface area contributed by atoms with E-state index in [9.17, 15) is 4.79 Å². The minimum atomic E-state index is -0.0151. The van der Waals surface area contributed by atoms with Gasteiger partial charge >= 0.3 is 0 Å². The third kappa shape index (κ3) is 3.35. The van der Waals surface area contributed by atoms with Crippen LogP contribution in [0.2, 0.25) is 0 Å². The second-order valence-corrected chi connectivity index (χ2v) is 3.96. The summed E-state index contributed by atoms with van der Waals surface area (Å²) in [5.74, 6) is 1.72. The van der Waals surface area contributed by atoms with Crippen LogP contribution < -0.4 is 5.32 Å². The SMILES string of the molecule is Cc1ccc(CN/C=C\C(=O)c2ccccc2)o1. The molecule has 0 aliphatic carbocycles. The summed E-state index contributed by atoms with van der Waals surface area (Å²) in [5, 5.41) is 3.02. The van der Waals surface area contributed by atoms with Crippen LogP contribution in [0.4, 0.5) is 0 Å². The van der Waals surface area contributed by atoms with Crippen LogP contribution in [0.25, 0.3) is 0 Å². The van der Waals surface area contributed by atoms with Crippen molar-refractivity contribution in [1.82, 2.24) is 5.32 Å². The normalized spacial score (nSPS) is 10.7. The molecular weight excluding hydrogens is 226 g/mol. The van der Waals surface area contributed by atoms with Crippen LogP contribution in [0.1, 0.15) is 21.9 Å². The minimum absolute atomic E-state index is 0.0151. The van der Waals surface area contributed by atoms with E-state index in [4.69, 9.17) is 4.42 Å². The third-order valence-corrected chi connectivity index (χ3v) is 2.48. The molecule has 2 rings (SSSR count). The van der Waals surface area contributed by atoms with Crippen LogP contribution >= 0.6 is 0 Å². The van der Waals surface area contributed by atoms with Crippen LogP contribution in [-0.4, -0.2) is 5.78 Å². The first-order chi connectivity index (χ1) is 8.75. The molecule has 1 heterocycles. The lowest BCUT2D eigenvalue weighted by atomic mass is 10.1. The monoisotopic (exact) mass is 241 g/mol. The van der Waals surface area contributed by atoms with Gasteiger partial charge in [0.1, 0.15) is 11.5 Å². The van der Waals surface area contributed by atoms with Crippen molar-refractivity contribution in [2.45, 2.75) is 13.5 Å². The van der Waals surface area contributed by atoms with E-state index in [-0.39, 0.29) is 5.78 Å². The lowest BCUT2D eigenvalue weighted by Crippen LogP contribution is -2.05. The first kappa shape index (κ1) is 12.2. The van der Waals surface area contributed by atoms with Gasteiger partial charge in [-0.2, -0.15) is 0 Å². The zero-order valence-corrected chi connectivity index (χ0v) is 10.2. The van der Waals surface area contributed by atoms with Gasteiger partial charge < -0.3 is 9.73 Å². The Morgan fingerprint density at radius 1 is 1.22 bits per heavy atom. The Bertz CT molecular complexity index is 541. The lowest BCUT2D eigenvalue weighted by molar-refractivity contribution is 0.104. The molecule has 18 heavy (non-hydrogen) atoms. The fourth-order valence-electron chi connectivity index (χ4n) is 1.57. The van der Waals surface area contributed by atoms with E-state index in [2.05, 4.69) is 5.32 Å². The Hall–Kier alpha value is -2.29. The maximum atomic E-state index is 11.7. The van der Waals surface area contributed by atoms with Gasteiger partial charge in [0.05, 0.1) is 6.54 Å². The topological polar surface area (TPSA) is 42.2 Å². The molecule has 3 nitrogen and oxygen atoms in total. The van der Waals surface area contributed by atoms with E-state index in [1.54, 1.807) is 18.3 Å². The van der Waals surface area contributed by atoms with E-state index in [0.717, 1.165) is 11.5 Å². The highest BCUT2D eigenvalue weighted by Gasteiger charge is 1.99. The Kier molecular flexibility index (Phi) is 3.97. The molecule has 1 N–H and O–H groups in total. The zero-order chi connectivity index (χ0) is 12.8. The van der Waals surface area contributed by atoms with E-state index in [0.29, 0.717) is 12.1 Å². The molecule has 0 amide bonds. The summed E-state index contributed by atoms with van der Waals surface area (Å²) in [6.45, 7) is 2.48. The van der Waals surface area contributed by atoms with Crippen LogP contribution in [0.5, 0.6) is 0 Å². The number of rotatable bonds is 5. The second-order valence-electron chi connectivity index (χ2n) is 3.96. The minimum Gasteiger partial charge on any atom is -0.465 e. The second kappa shape index (κ2) is 5.87. The lowest BCUT2D eigenvalue weighted by Gasteiger charge is -1.97. The smallest absolute Gasteiger partial charge is 0.187 e. The number of hydrogen-bond acceptors (Lipinski definition) is 3. The average molecular weight is 241 g/mol. The molecule has 1 aromatic carbocycles. The molecule has 0 aliphatic heterocycles. The maximum Gasteiger partial charge on any atom is 0.187 e. The van der Waals surface area contributed by atoms with Crippen molar-refractivity contribution in [3.05, 3.63) is 71.8 Å². The molecule has 0 saturated carbocycles. The fraction of sp³-hybridized carbons (Fsp3) is 0.133. The highest BCUT2D eigenvalue weighted by molar-refractivity contribution is 6.04. The van der Waals surface area contributed by atoms with Gasteiger partial charge in [-0.15, -0.1) is 0 Å². The molecule has 0 unspecified atom stereocenters. The summed E-state index contributed by atoms with van der Waals surface area (Å²) in [5.41, 5.74) is 0.685. The Morgan fingerprint density at radius 2 is 2.00 bits per heavy atom. The number of furan rings is 1. The van der Waals surface area contributed by atoms with Gasteiger partial charge in [0.2, 0.25) is 0 Å². The van der Waals surface area contributed by atoms with Gasteiger partial charge in [-0.3, -0.25) is 4.79 Å². The predicted octanol–water partition coefficient (Wildman–Crippen LogP) is 3.07. The summed E-state index contributed by atoms with van der Waals surface area (Å²) < 4.78 is 5.39. The van der Waals surface area contributed by atoms with Gasteiger partial charge in [-0.25, -0.2) is 0 Å². The maximum absolute atomic E-state index is 11.7. The molecule has 3 heteroatoms. The molecule has 0 saturated heterocycles. The first-order valence-electron chi connectivity index (χ1n) is 5.80. The van der Waals surface area contributed by atoms with Crippen molar-refractivity contribution in [3.63, 3.8) is 0 Å². The summed E-state index contributed by atoms with van der Waals surface area (Å²) in [6.07, 6.45) is 3.16. The Morgan fingerprint density at radius 3 is 2.67 bits per heavy atom. The largest absolute Gasteiger partial charge is 0.465 e. The van der Waals surface area contributed by atoms with Crippen molar-refractivity contribution in [2.24, 2.45) is 0 Å². The van der Waals surface area contributed by atoms with Gasteiger partial charge in [-0.05, 0) is 19.1 Å². The highest BCUT2D eigenvalue weighted by Crippen LogP contribution is 2.05. The van der Waals surface area contributed by atoms with E-state index in [1.807, 2.05) is 37.3 Å². The van der Waals surface area contributed by atoms with Crippen LogP contribution in [-0.2, 0) is 6.54 Å². The number of ketones is 1. The quantitative estimate of drug-likeness (QED) is 0.646. The molecule has 92 valence electrons. The number of hydrogen-bond donors (Lipinski definition) is 1. The Balaban J connectivity index is 1.83. The van der Waals surface area contributed by atoms with Crippen molar-refractivity contribution in [2.75, 3.05) is 0 Å². The molecule has 0 aliphatic rings. The van der Waals surface area contributed by atoms with Crippen molar-refractivity contribution in [1.29, 1.82) is 0 Å². The number of allylic oxidation sites excluding steroid dienone is 1. The van der Waals surface area contributed by atoms with E-state index < -0.39 is 0 Å². The highest BCUT2D eigenvalue weighted by atomic mass is 16.3. The molecule has 2 aromatic rings. The van der Waals surface area contributed by atoms with Crippen LogP contribution in [0.3, 0.4) is 0 Å². The first-order valence-corrected chi connectivity index (χ1v) is 5.80. The van der Waals surface area contributed by atoms with Crippen molar-refractivity contribution >= 4 is 5.78 Å². The molecular formula is C15H15NO2. The van der Waals surface area contributed by atoms with Crippen LogP contribution in [0, 0.1) is 6.92 Å². The van der Waals surface area contributed by atoms with E-state index >= 15 is 0 Å². The van der Waals surface area contributed by atoms with Gasteiger partial charge in [0.15, 0.2) is 5.78 Å². The molecule has 0 bridgehead atoms. The number of carbonyl (C=O) groups is 1. The van der Waals surface area contributed by atoms with Gasteiger partial charge in [-0.1, -0.05) is 30.3 Å². The van der Waals surface area contributed by atoms with Crippen molar-refractivity contribution in [3.8, 4) is 0 Å². The number of nitrogens with one attached hydrogen (secondary N) is 1. The van der Waals surface area contributed by atoms with E-state index in [1.165, 1.54) is 6.08 Å². The average Bonchev–Trinajstić information content (AvgIpc) is 2.81. The third-order valence-electron chi connectivity index (χ3n) is 2.48. The predicted molar refractivity (Wildman–Crippen MR) is 70.2 cm³/mol. The van der Waals surface area contributed by atoms with Gasteiger partial charge in [0.25, 0.3) is 0 Å². The zero-order valence-electron chi connectivity index (χ0n) is 10.2. The number of carbonyl (C=O) groups excluding carboxylic acids is 1. The van der Waals surface area contributed by atoms with Crippen molar-refractivity contribution < 1.29 is 9.21 Å². The number of benzene rings is 1. The Labute approximate surface area is 106 Å². The summed E-state index contributed by atoms with van der Waals surface area (Å²) in [7, 11) is 0. The summed E-state index contributed by atoms with van der Waals surface area (Å²) in [4.78, 5) is 11.7.